The molecule has 4 nitrogen and oxygen atoms in total. The topological polar surface area (TPSA) is 39.7 Å². The number of rotatable bonds is 7. The van der Waals surface area contributed by atoms with Gasteiger partial charge in [0.1, 0.15) is 0 Å². The fourth-order valence-electron chi connectivity index (χ4n) is 2.33. The summed E-state index contributed by atoms with van der Waals surface area (Å²) in [5.41, 5.74) is 1.35. The van der Waals surface area contributed by atoms with Crippen molar-refractivity contribution in [1.82, 2.24) is 15.5 Å². The second-order valence-corrected chi connectivity index (χ2v) is 5.95. The predicted octanol–water partition coefficient (Wildman–Crippen LogP) is 2.70. The molecule has 1 aliphatic rings. The van der Waals surface area contributed by atoms with Crippen LogP contribution >= 0.6 is 24.0 Å². The number of halogens is 1. The molecule has 0 aliphatic heterocycles. The van der Waals surface area contributed by atoms with Gasteiger partial charge < -0.3 is 15.5 Å². The van der Waals surface area contributed by atoms with Crippen molar-refractivity contribution in [3.05, 3.63) is 35.9 Å². The molecule has 2 atom stereocenters. The highest BCUT2D eigenvalue weighted by Crippen LogP contribution is 2.28. The Balaban J connectivity index is 0.00000242. The lowest BCUT2D eigenvalue weighted by Crippen LogP contribution is -2.39. The number of nitrogens with one attached hydrogen (secondary N) is 2. The van der Waals surface area contributed by atoms with Crippen LogP contribution in [0.2, 0.25) is 0 Å². The highest BCUT2D eigenvalue weighted by atomic mass is 127. The molecule has 1 fully saturated rings. The number of nitrogens with zero attached hydrogens (tertiary/aromatic N) is 2. The Bertz CT molecular complexity index is 449. The number of likely N-dealkylation sites (N-methyl/N-ethyl adjacent to an activating group) is 1. The zero-order valence-corrected chi connectivity index (χ0v) is 16.2. The highest BCUT2D eigenvalue weighted by Gasteiger charge is 2.33. The van der Waals surface area contributed by atoms with E-state index in [1.807, 2.05) is 0 Å². The molecule has 0 heterocycles. The molecule has 0 saturated heterocycles. The lowest BCUT2D eigenvalue weighted by atomic mass is 10.2. The summed E-state index contributed by atoms with van der Waals surface area (Å²) in [7, 11) is 2.14. The lowest BCUT2D eigenvalue weighted by Gasteiger charge is -2.16. The van der Waals surface area contributed by atoms with Crippen LogP contribution in [0.25, 0.3) is 0 Å². The van der Waals surface area contributed by atoms with E-state index in [0.29, 0.717) is 6.04 Å². The molecular weight excluding hydrogens is 387 g/mol. The Hall–Kier alpha value is -0.820. The smallest absolute Gasteiger partial charge is 0.191 e. The molecule has 1 aromatic rings. The third-order valence-electron chi connectivity index (χ3n) is 3.82. The van der Waals surface area contributed by atoms with Crippen LogP contribution < -0.4 is 10.6 Å². The molecule has 1 aromatic carbocycles. The molecular formula is C17H29IN4. The molecule has 1 saturated carbocycles. The average molecular weight is 416 g/mol. The summed E-state index contributed by atoms with van der Waals surface area (Å²) in [6.45, 7) is 8.04. The monoisotopic (exact) mass is 416 g/mol. The van der Waals surface area contributed by atoms with Crippen molar-refractivity contribution in [2.75, 3.05) is 26.7 Å². The van der Waals surface area contributed by atoms with Crippen LogP contribution in [-0.2, 0) is 6.54 Å². The normalized spacial score (nSPS) is 20.5. The van der Waals surface area contributed by atoms with E-state index >= 15 is 0 Å². The summed E-state index contributed by atoms with van der Waals surface area (Å²) < 4.78 is 0. The first kappa shape index (κ1) is 19.2. The van der Waals surface area contributed by atoms with E-state index < -0.39 is 0 Å². The van der Waals surface area contributed by atoms with Crippen LogP contribution in [0.3, 0.4) is 0 Å². The van der Waals surface area contributed by atoms with Crippen LogP contribution in [0.1, 0.15) is 25.8 Å². The summed E-state index contributed by atoms with van der Waals surface area (Å²) in [5.74, 6) is 1.74. The standard InChI is InChI=1S/C17H28N4.HI/c1-4-18-17(20-16-12-14(16)2)19-10-11-21(3)13-15-8-6-5-7-9-15;/h5-9,14,16H,4,10-13H2,1-3H3,(H2,18,19,20);1H. The van der Waals surface area contributed by atoms with Crippen LogP contribution in [0, 0.1) is 5.92 Å². The van der Waals surface area contributed by atoms with Crippen LogP contribution in [0.5, 0.6) is 0 Å². The molecule has 1 aliphatic carbocycles. The van der Waals surface area contributed by atoms with Gasteiger partial charge in [0, 0.05) is 25.7 Å². The maximum atomic E-state index is 4.66. The van der Waals surface area contributed by atoms with Gasteiger partial charge in [-0.1, -0.05) is 37.3 Å². The second kappa shape index (κ2) is 10.0. The molecule has 0 amide bonds. The highest BCUT2D eigenvalue weighted by molar-refractivity contribution is 14.0. The molecule has 2 unspecified atom stereocenters. The third-order valence-corrected chi connectivity index (χ3v) is 3.82. The molecule has 0 bridgehead atoms. The number of benzene rings is 1. The Morgan fingerprint density at radius 1 is 1.32 bits per heavy atom. The van der Waals surface area contributed by atoms with Crippen molar-refractivity contribution in [2.45, 2.75) is 32.9 Å². The Labute approximate surface area is 151 Å². The van der Waals surface area contributed by atoms with E-state index in [9.17, 15) is 0 Å². The first-order valence-corrected chi connectivity index (χ1v) is 7.96. The summed E-state index contributed by atoms with van der Waals surface area (Å²) >= 11 is 0. The summed E-state index contributed by atoms with van der Waals surface area (Å²) in [6.07, 6.45) is 1.26. The fraction of sp³-hybridized carbons (Fsp3) is 0.588. The third kappa shape index (κ3) is 6.96. The average Bonchev–Trinajstić information content (AvgIpc) is 3.15. The van der Waals surface area contributed by atoms with Crippen molar-refractivity contribution < 1.29 is 0 Å². The number of aliphatic imine (C=N–C) groups is 1. The van der Waals surface area contributed by atoms with Crippen molar-refractivity contribution in [1.29, 1.82) is 0 Å². The molecule has 22 heavy (non-hydrogen) atoms. The first-order valence-electron chi connectivity index (χ1n) is 7.96. The molecule has 5 heteroatoms. The van der Waals surface area contributed by atoms with Gasteiger partial charge in [0.15, 0.2) is 5.96 Å². The zero-order valence-electron chi connectivity index (χ0n) is 13.9. The van der Waals surface area contributed by atoms with Gasteiger partial charge >= 0.3 is 0 Å². The molecule has 0 spiro atoms. The fourth-order valence-corrected chi connectivity index (χ4v) is 2.33. The number of hydrogen-bond donors (Lipinski definition) is 2. The molecule has 124 valence electrons. The van der Waals surface area contributed by atoms with Gasteiger partial charge in [-0.25, -0.2) is 0 Å². The van der Waals surface area contributed by atoms with E-state index in [4.69, 9.17) is 0 Å². The SMILES string of the molecule is CCNC(=NCCN(C)Cc1ccccc1)NC1CC1C.I. The van der Waals surface area contributed by atoms with Crippen LogP contribution in [0.4, 0.5) is 0 Å². The van der Waals surface area contributed by atoms with E-state index in [0.717, 1.165) is 38.1 Å². The van der Waals surface area contributed by atoms with E-state index in [1.165, 1.54) is 12.0 Å². The summed E-state index contributed by atoms with van der Waals surface area (Å²) in [6, 6.07) is 11.2. The number of hydrogen-bond acceptors (Lipinski definition) is 2. The summed E-state index contributed by atoms with van der Waals surface area (Å²) in [5, 5.41) is 6.80. The zero-order chi connectivity index (χ0) is 15.1. The van der Waals surface area contributed by atoms with Crippen LogP contribution in [-0.4, -0.2) is 43.6 Å². The Morgan fingerprint density at radius 2 is 2.00 bits per heavy atom. The molecule has 0 radical (unpaired) electrons. The van der Waals surface area contributed by atoms with Gasteiger partial charge in [-0.05, 0) is 31.9 Å². The Morgan fingerprint density at radius 3 is 2.59 bits per heavy atom. The van der Waals surface area contributed by atoms with Crippen molar-refractivity contribution in [3.63, 3.8) is 0 Å². The summed E-state index contributed by atoms with van der Waals surface area (Å²) in [4.78, 5) is 6.97. The Kier molecular flexibility index (Phi) is 8.78. The molecule has 2 N–H and O–H groups in total. The van der Waals surface area contributed by atoms with Gasteiger partial charge in [0.25, 0.3) is 0 Å². The van der Waals surface area contributed by atoms with Crippen molar-refractivity contribution in [2.24, 2.45) is 10.9 Å². The lowest BCUT2D eigenvalue weighted by molar-refractivity contribution is 0.336. The van der Waals surface area contributed by atoms with E-state index in [2.05, 4.69) is 71.8 Å². The minimum Gasteiger partial charge on any atom is -0.357 e. The molecule has 2 rings (SSSR count). The van der Waals surface area contributed by atoms with Crippen molar-refractivity contribution >= 4 is 29.9 Å². The minimum atomic E-state index is 0. The van der Waals surface area contributed by atoms with Gasteiger partial charge in [0.2, 0.25) is 0 Å². The predicted molar refractivity (Wildman–Crippen MR) is 105 cm³/mol. The van der Waals surface area contributed by atoms with Gasteiger partial charge in [-0.3, -0.25) is 4.99 Å². The van der Waals surface area contributed by atoms with Gasteiger partial charge in [-0.2, -0.15) is 0 Å². The largest absolute Gasteiger partial charge is 0.357 e. The maximum absolute atomic E-state index is 4.66. The van der Waals surface area contributed by atoms with E-state index in [-0.39, 0.29) is 24.0 Å². The maximum Gasteiger partial charge on any atom is 0.191 e. The van der Waals surface area contributed by atoms with Gasteiger partial charge in [0.05, 0.1) is 6.54 Å². The van der Waals surface area contributed by atoms with Crippen LogP contribution in [0.15, 0.2) is 35.3 Å². The van der Waals surface area contributed by atoms with Gasteiger partial charge in [-0.15, -0.1) is 24.0 Å². The minimum absolute atomic E-state index is 0. The second-order valence-electron chi connectivity index (χ2n) is 5.95. The van der Waals surface area contributed by atoms with E-state index in [1.54, 1.807) is 0 Å². The molecule has 0 aromatic heterocycles. The quantitative estimate of drug-likeness (QED) is 0.408. The van der Waals surface area contributed by atoms with Crippen molar-refractivity contribution in [3.8, 4) is 0 Å². The first-order chi connectivity index (χ1) is 10.2. The number of guanidine groups is 1.